The summed E-state index contributed by atoms with van der Waals surface area (Å²) in [5, 5.41) is 0. The fraction of sp³-hybridized carbons (Fsp3) is 0.857. The van der Waals surface area contributed by atoms with Gasteiger partial charge in [-0.1, -0.05) is 13.8 Å². The molecular formula is C7H14FNO2. The molecule has 0 aliphatic heterocycles. The number of rotatable bonds is 3. The van der Waals surface area contributed by atoms with Crippen molar-refractivity contribution in [2.75, 3.05) is 13.8 Å². The summed E-state index contributed by atoms with van der Waals surface area (Å²) in [6.07, 6.45) is 0. The lowest BCUT2D eigenvalue weighted by atomic mass is 9.86. The van der Waals surface area contributed by atoms with Gasteiger partial charge in [0.05, 0.1) is 13.8 Å². The van der Waals surface area contributed by atoms with Crippen molar-refractivity contribution in [2.24, 2.45) is 11.1 Å². The normalized spacial score (nSPS) is 14.3. The van der Waals surface area contributed by atoms with Crippen LogP contribution in [0.2, 0.25) is 0 Å². The van der Waals surface area contributed by atoms with Gasteiger partial charge in [0.25, 0.3) is 0 Å². The van der Waals surface area contributed by atoms with Crippen molar-refractivity contribution >= 4 is 5.97 Å². The Morgan fingerprint density at radius 2 is 2.18 bits per heavy atom. The Kier molecular flexibility index (Phi) is 3.45. The second-order valence-corrected chi connectivity index (χ2v) is 3.12. The molecule has 0 aliphatic rings. The van der Waals surface area contributed by atoms with Crippen LogP contribution in [0.25, 0.3) is 0 Å². The van der Waals surface area contributed by atoms with E-state index in [1.165, 1.54) is 7.11 Å². The first-order chi connectivity index (χ1) is 4.95. The lowest BCUT2D eigenvalue weighted by molar-refractivity contribution is -0.145. The van der Waals surface area contributed by atoms with Crippen molar-refractivity contribution in [2.45, 2.75) is 19.9 Å². The second-order valence-electron chi connectivity index (χ2n) is 3.12. The highest BCUT2D eigenvalue weighted by atomic mass is 19.1. The third-order valence-corrected chi connectivity index (χ3v) is 1.64. The number of ether oxygens (including phenoxy) is 1. The van der Waals surface area contributed by atoms with Crippen LogP contribution >= 0.6 is 0 Å². The molecule has 0 spiro atoms. The van der Waals surface area contributed by atoms with Crippen molar-refractivity contribution in [1.82, 2.24) is 0 Å². The quantitative estimate of drug-likeness (QED) is 0.616. The molecule has 0 amide bonds. The summed E-state index contributed by atoms with van der Waals surface area (Å²) < 4.78 is 16.6. The van der Waals surface area contributed by atoms with Gasteiger partial charge in [-0.05, 0) is 0 Å². The Morgan fingerprint density at radius 1 is 1.73 bits per heavy atom. The topological polar surface area (TPSA) is 52.3 Å². The van der Waals surface area contributed by atoms with Crippen LogP contribution in [0.15, 0.2) is 0 Å². The number of esters is 1. The molecule has 0 fully saturated rings. The minimum absolute atomic E-state index is 0.576. The molecule has 0 aromatic carbocycles. The lowest BCUT2D eigenvalue weighted by Gasteiger charge is -2.25. The number of alkyl halides is 1. The molecule has 0 aliphatic carbocycles. The molecule has 1 unspecified atom stereocenters. The summed E-state index contributed by atoms with van der Waals surface area (Å²) in [7, 11) is 1.23. The molecule has 0 aromatic rings. The summed E-state index contributed by atoms with van der Waals surface area (Å²) in [5.74, 6) is -0.576. The standard InChI is InChI=1S/C7H14FNO2/c1-7(2,4-8)5(9)6(10)11-3/h5H,4,9H2,1-3H3. The van der Waals surface area contributed by atoms with Crippen LogP contribution in [-0.2, 0) is 9.53 Å². The van der Waals surface area contributed by atoms with Crippen molar-refractivity contribution in [1.29, 1.82) is 0 Å². The number of halogens is 1. The van der Waals surface area contributed by atoms with Gasteiger partial charge in [-0.25, -0.2) is 0 Å². The molecule has 1 atom stereocenters. The van der Waals surface area contributed by atoms with Crippen molar-refractivity contribution in [3.63, 3.8) is 0 Å². The smallest absolute Gasteiger partial charge is 0.323 e. The van der Waals surface area contributed by atoms with E-state index in [9.17, 15) is 9.18 Å². The summed E-state index contributed by atoms with van der Waals surface area (Å²) in [5.41, 5.74) is 4.56. The van der Waals surface area contributed by atoms with Crippen molar-refractivity contribution in [3.05, 3.63) is 0 Å². The van der Waals surface area contributed by atoms with E-state index in [-0.39, 0.29) is 0 Å². The van der Waals surface area contributed by atoms with Gasteiger partial charge in [-0.3, -0.25) is 9.18 Å². The van der Waals surface area contributed by atoms with Crippen LogP contribution in [0.1, 0.15) is 13.8 Å². The van der Waals surface area contributed by atoms with Gasteiger partial charge in [0.1, 0.15) is 6.04 Å². The average Bonchev–Trinajstić information content (AvgIpc) is 2.01. The third kappa shape index (κ3) is 2.46. The average molecular weight is 163 g/mol. The predicted octanol–water partition coefficient (Wildman–Crippen LogP) is 0.482. The van der Waals surface area contributed by atoms with E-state index in [1.54, 1.807) is 13.8 Å². The Hall–Kier alpha value is -0.640. The van der Waals surface area contributed by atoms with E-state index >= 15 is 0 Å². The minimum atomic E-state index is -0.891. The fourth-order valence-electron chi connectivity index (χ4n) is 0.529. The summed E-state index contributed by atoms with van der Waals surface area (Å²) in [6, 6.07) is -0.891. The van der Waals surface area contributed by atoms with Crippen LogP contribution < -0.4 is 5.73 Å². The van der Waals surface area contributed by atoms with Gasteiger partial charge in [0, 0.05) is 5.41 Å². The Labute approximate surface area is 65.7 Å². The first-order valence-electron chi connectivity index (χ1n) is 3.35. The van der Waals surface area contributed by atoms with Gasteiger partial charge in [0.2, 0.25) is 0 Å². The van der Waals surface area contributed by atoms with Gasteiger partial charge < -0.3 is 10.5 Å². The number of hydrogen-bond acceptors (Lipinski definition) is 3. The minimum Gasteiger partial charge on any atom is -0.468 e. The molecule has 3 nitrogen and oxygen atoms in total. The monoisotopic (exact) mass is 163 g/mol. The molecule has 0 radical (unpaired) electrons. The van der Waals surface area contributed by atoms with Crippen molar-refractivity contribution < 1.29 is 13.9 Å². The highest BCUT2D eigenvalue weighted by molar-refractivity contribution is 5.76. The van der Waals surface area contributed by atoms with Crippen LogP contribution in [0.5, 0.6) is 0 Å². The molecule has 0 aromatic heterocycles. The van der Waals surface area contributed by atoms with E-state index in [4.69, 9.17) is 5.73 Å². The van der Waals surface area contributed by atoms with E-state index in [1.807, 2.05) is 0 Å². The number of nitrogens with two attached hydrogens (primary N) is 1. The molecule has 0 bridgehead atoms. The van der Waals surface area contributed by atoms with E-state index in [2.05, 4.69) is 4.74 Å². The van der Waals surface area contributed by atoms with Crippen molar-refractivity contribution in [3.8, 4) is 0 Å². The Bertz CT molecular complexity index is 147. The zero-order chi connectivity index (χ0) is 9.07. The lowest BCUT2D eigenvalue weighted by Crippen LogP contribution is -2.45. The fourth-order valence-corrected chi connectivity index (χ4v) is 0.529. The van der Waals surface area contributed by atoms with Crippen LogP contribution in [0.4, 0.5) is 4.39 Å². The summed E-state index contributed by atoms with van der Waals surface area (Å²) in [6.45, 7) is 2.52. The first kappa shape index (κ1) is 10.4. The summed E-state index contributed by atoms with van der Waals surface area (Å²) >= 11 is 0. The number of hydrogen-bond donors (Lipinski definition) is 1. The molecular weight excluding hydrogens is 149 g/mol. The van der Waals surface area contributed by atoms with Gasteiger partial charge in [-0.15, -0.1) is 0 Å². The highest BCUT2D eigenvalue weighted by Gasteiger charge is 2.32. The molecule has 0 saturated carbocycles. The zero-order valence-corrected chi connectivity index (χ0v) is 7.06. The van der Waals surface area contributed by atoms with Gasteiger partial charge in [-0.2, -0.15) is 0 Å². The molecule has 0 rings (SSSR count). The third-order valence-electron chi connectivity index (χ3n) is 1.64. The zero-order valence-electron chi connectivity index (χ0n) is 7.06. The maximum Gasteiger partial charge on any atom is 0.323 e. The molecule has 2 N–H and O–H groups in total. The largest absolute Gasteiger partial charge is 0.468 e. The van der Waals surface area contributed by atoms with E-state index < -0.39 is 24.1 Å². The van der Waals surface area contributed by atoms with Crippen LogP contribution in [-0.4, -0.2) is 25.8 Å². The molecule has 11 heavy (non-hydrogen) atoms. The van der Waals surface area contributed by atoms with Crippen LogP contribution in [0.3, 0.4) is 0 Å². The molecule has 4 heteroatoms. The maximum atomic E-state index is 12.2. The molecule has 0 heterocycles. The SMILES string of the molecule is COC(=O)C(N)C(C)(C)CF. The number of carbonyl (C=O) groups excluding carboxylic acids is 1. The van der Waals surface area contributed by atoms with E-state index in [0.717, 1.165) is 0 Å². The van der Waals surface area contributed by atoms with Gasteiger partial charge in [0.15, 0.2) is 0 Å². The van der Waals surface area contributed by atoms with Crippen LogP contribution in [0, 0.1) is 5.41 Å². The number of methoxy groups -OCH3 is 1. The van der Waals surface area contributed by atoms with Gasteiger partial charge >= 0.3 is 5.97 Å². The molecule has 66 valence electrons. The predicted molar refractivity (Wildman–Crippen MR) is 39.7 cm³/mol. The summed E-state index contributed by atoms with van der Waals surface area (Å²) in [4.78, 5) is 10.8. The molecule has 0 saturated heterocycles. The Balaban J connectivity index is 4.22. The first-order valence-corrected chi connectivity index (χ1v) is 3.35. The second kappa shape index (κ2) is 3.67. The van der Waals surface area contributed by atoms with E-state index in [0.29, 0.717) is 0 Å². The maximum absolute atomic E-state index is 12.2. The highest BCUT2D eigenvalue weighted by Crippen LogP contribution is 2.20. The number of carbonyl (C=O) groups is 1. The Morgan fingerprint density at radius 3 is 2.45 bits per heavy atom.